The minimum Gasteiger partial charge on any atom is -0.494 e. The third kappa shape index (κ3) is 7.16. The van der Waals surface area contributed by atoms with Crippen molar-refractivity contribution in [3.63, 3.8) is 0 Å². The van der Waals surface area contributed by atoms with Crippen LogP contribution in [0.3, 0.4) is 0 Å². The molecule has 0 saturated carbocycles. The van der Waals surface area contributed by atoms with E-state index in [4.69, 9.17) is 4.74 Å². The van der Waals surface area contributed by atoms with Gasteiger partial charge < -0.3 is 15.4 Å². The number of halogens is 1. The van der Waals surface area contributed by atoms with Gasteiger partial charge in [-0.3, -0.25) is 9.98 Å². The van der Waals surface area contributed by atoms with Crippen LogP contribution in [0.5, 0.6) is 5.75 Å². The van der Waals surface area contributed by atoms with Gasteiger partial charge in [0.15, 0.2) is 5.96 Å². The Kier molecular flexibility index (Phi) is 9.83. The standard InChI is InChI=1S/C18H24N4O.HI/c1-15-8-6-11-20-17(15)14-22-18(19-2)21-12-7-13-23-16-9-4-3-5-10-16;/h3-6,8-11H,7,12-14H2,1-2H3,(H2,19,21,22);1H. The van der Waals surface area contributed by atoms with E-state index in [0.29, 0.717) is 13.2 Å². The van der Waals surface area contributed by atoms with Crippen LogP contribution in [-0.4, -0.2) is 31.1 Å². The number of rotatable bonds is 7. The summed E-state index contributed by atoms with van der Waals surface area (Å²) < 4.78 is 5.66. The number of aliphatic imine (C=N–C) groups is 1. The van der Waals surface area contributed by atoms with Crippen LogP contribution in [0.2, 0.25) is 0 Å². The largest absolute Gasteiger partial charge is 0.494 e. The molecule has 0 bridgehead atoms. The first kappa shape index (κ1) is 20.2. The molecule has 24 heavy (non-hydrogen) atoms. The Morgan fingerprint density at radius 3 is 2.62 bits per heavy atom. The Hall–Kier alpha value is -1.83. The van der Waals surface area contributed by atoms with Gasteiger partial charge in [-0.1, -0.05) is 24.3 Å². The molecule has 5 nitrogen and oxygen atoms in total. The molecule has 1 aromatic heterocycles. The first-order valence-corrected chi connectivity index (χ1v) is 7.82. The van der Waals surface area contributed by atoms with Gasteiger partial charge in [0, 0.05) is 19.8 Å². The third-order valence-electron chi connectivity index (χ3n) is 3.39. The number of benzene rings is 1. The Labute approximate surface area is 161 Å². The lowest BCUT2D eigenvalue weighted by molar-refractivity contribution is 0.311. The molecule has 1 aromatic carbocycles. The molecule has 0 aliphatic heterocycles. The van der Waals surface area contributed by atoms with E-state index in [0.717, 1.165) is 30.4 Å². The van der Waals surface area contributed by atoms with E-state index in [1.165, 1.54) is 5.56 Å². The zero-order chi connectivity index (χ0) is 16.3. The highest BCUT2D eigenvalue weighted by Crippen LogP contribution is 2.08. The third-order valence-corrected chi connectivity index (χ3v) is 3.39. The van der Waals surface area contributed by atoms with Crippen molar-refractivity contribution < 1.29 is 4.74 Å². The highest BCUT2D eigenvalue weighted by Gasteiger charge is 2.01. The van der Waals surface area contributed by atoms with E-state index in [2.05, 4.69) is 33.6 Å². The van der Waals surface area contributed by atoms with E-state index in [9.17, 15) is 0 Å². The molecule has 0 fully saturated rings. The summed E-state index contributed by atoms with van der Waals surface area (Å²) in [6, 6.07) is 13.8. The normalized spacial score (nSPS) is 10.7. The first-order valence-electron chi connectivity index (χ1n) is 7.82. The topological polar surface area (TPSA) is 58.5 Å². The van der Waals surface area contributed by atoms with Gasteiger partial charge in [-0.25, -0.2) is 0 Å². The minimum atomic E-state index is 0. The molecule has 0 atom stereocenters. The van der Waals surface area contributed by atoms with Gasteiger partial charge in [0.05, 0.1) is 18.8 Å². The van der Waals surface area contributed by atoms with Gasteiger partial charge in [0.2, 0.25) is 0 Å². The molecular weight excluding hydrogens is 415 g/mol. The lowest BCUT2D eigenvalue weighted by Gasteiger charge is -2.12. The summed E-state index contributed by atoms with van der Waals surface area (Å²) in [6.07, 6.45) is 2.71. The summed E-state index contributed by atoms with van der Waals surface area (Å²) in [4.78, 5) is 8.58. The van der Waals surface area contributed by atoms with E-state index in [-0.39, 0.29) is 24.0 Å². The maximum atomic E-state index is 5.66. The Bertz CT molecular complexity index is 619. The first-order chi connectivity index (χ1) is 11.3. The number of nitrogens with one attached hydrogen (secondary N) is 2. The number of hydrogen-bond donors (Lipinski definition) is 2. The Morgan fingerprint density at radius 2 is 1.92 bits per heavy atom. The summed E-state index contributed by atoms with van der Waals surface area (Å²) in [6.45, 7) is 4.19. The summed E-state index contributed by atoms with van der Waals surface area (Å²) >= 11 is 0. The Morgan fingerprint density at radius 1 is 1.12 bits per heavy atom. The fraction of sp³-hybridized carbons (Fsp3) is 0.333. The quantitative estimate of drug-likeness (QED) is 0.301. The summed E-state index contributed by atoms with van der Waals surface area (Å²) in [5.41, 5.74) is 2.20. The van der Waals surface area contributed by atoms with Gasteiger partial charge in [-0.15, -0.1) is 24.0 Å². The van der Waals surface area contributed by atoms with Crippen LogP contribution in [0.25, 0.3) is 0 Å². The molecule has 0 aliphatic rings. The van der Waals surface area contributed by atoms with Crippen LogP contribution in [0.4, 0.5) is 0 Å². The number of para-hydroxylation sites is 1. The second kappa shape index (κ2) is 11.7. The minimum absolute atomic E-state index is 0. The number of hydrogen-bond acceptors (Lipinski definition) is 3. The van der Waals surface area contributed by atoms with Crippen molar-refractivity contribution >= 4 is 29.9 Å². The van der Waals surface area contributed by atoms with Gasteiger partial charge in [0.1, 0.15) is 5.75 Å². The molecule has 0 unspecified atom stereocenters. The number of guanidine groups is 1. The molecule has 0 aliphatic carbocycles. The molecule has 0 spiro atoms. The predicted molar refractivity (Wildman–Crippen MR) is 109 cm³/mol. The SMILES string of the molecule is CN=C(NCCCOc1ccccc1)NCc1ncccc1C.I. The zero-order valence-corrected chi connectivity index (χ0v) is 16.5. The van der Waals surface area contributed by atoms with Crippen LogP contribution in [0, 0.1) is 6.92 Å². The lowest BCUT2D eigenvalue weighted by Crippen LogP contribution is -2.38. The molecule has 6 heteroatoms. The number of aryl methyl sites for hydroxylation is 1. The molecule has 0 radical (unpaired) electrons. The maximum Gasteiger partial charge on any atom is 0.191 e. The lowest BCUT2D eigenvalue weighted by atomic mass is 10.2. The maximum absolute atomic E-state index is 5.66. The molecule has 0 amide bonds. The van der Waals surface area contributed by atoms with E-state index in [1.807, 2.05) is 36.4 Å². The predicted octanol–water partition coefficient (Wildman–Crippen LogP) is 3.14. The van der Waals surface area contributed by atoms with Crippen LogP contribution < -0.4 is 15.4 Å². The molecule has 2 rings (SSSR count). The van der Waals surface area contributed by atoms with Crippen LogP contribution in [0.15, 0.2) is 53.7 Å². The highest BCUT2D eigenvalue weighted by atomic mass is 127. The van der Waals surface area contributed by atoms with Gasteiger partial charge in [0.25, 0.3) is 0 Å². The fourth-order valence-electron chi connectivity index (χ4n) is 2.08. The van der Waals surface area contributed by atoms with Crippen molar-refractivity contribution in [3.8, 4) is 5.75 Å². The van der Waals surface area contributed by atoms with Crippen molar-refractivity contribution in [2.24, 2.45) is 4.99 Å². The van der Waals surface area contributed by atoms with Crippen molar-refractivity contribution in [1.29, 1.82) is 0 Å². The molecular formula is C18H25IN4O. The molecule has 2 N–H and O–H groups in total. The summed E-state index contributed by atoms with van der Waals surface area (Å²) in [7, 11) is 1.76. The van der Waals surface area contributed by atoms with Crippen molar-refractivity contribution in [2.45, 2.75) is 19.9 Å². The van der Waals surface area contributed by atoms with Crippen LogP contribution in [-0.2, 0) is 6.54 Å². The molecule has 2 aromatic rings. The number of ether oxygens (including phenoxy) is 1. The van der Waals surface area contributed by atoms with E-state index < -0.39 is 0 Å². The summed E-state index contributed by atoms with van der Waals surface area (Å²) in [5, 5.41) is 6.55. The zero-order valence-electron chi connectivity index (χ0n) is 14.2. The van der Waals surface area contributed by atoms with E-state index >= 15 is 0 Å². The smallest absolute Gasteiger partial charge is 0.191 e. The number of aromatic nitrogens is 1. The van der Waals surface area contributed by atoms with Gasteiger partial charge in [-0.05, 0) is 37.1 Å². The second-order valence-electron chi connectivity index (χ2n) is 5.13. The fourth-order valence-corrected chi connectivity index (χ4v) is 2.08. The molecule has 130 valence electrons. The number of nitrogens with zero attached hydrogens (tertiary/aromatic N) is 2. The van der Waals surface area contributed by atoms with Crippen molar-refractivity contribution in [3.05, 3.63) is 59.9 Å². The van der Waals surface area contributed by atoms with Crippen molar-refractivity contribution in [1.82, 2.24) is 15.6 Å². The van der Waals surface area contributed by atoms with Crippen LogP contribution >= 0.6 is 24.0 Å². The average Bonchev–Trinajstić information content (AvgIpc) is 2.59. The average molecular weight is 440 g/mol. The molecule has 1 heterocycles. The Balaban J connectivity index is 0.00000288. The monoisotopic (exact) mass is 440 g/mol. The second-order valence-corrected chi connectivity index (χ2v) is 5.13. The van der Waals surface area contributed by atoms with E-state index in [1.54, 1.807) is 13.2 Å². The summed E-state index contributed by atoms with van der Waals surface area (Å²) in [5.74, 6) is 1.68. The van der Waals surface area contributed by atoms with Crippen molar-refractivity contribution in [2.75, 3.05) is 20.2 Å². The van der Waals surface area contributed by atoms with Gasteiger partial charge >= 0.3 is 0 Å². The highest BCUT2D eigenvalue weighted by molar-refractivity contribution is 14.0. The number of pyridine rings is 1. The van der Waals surface area contributed by atoms with Crippen LogP contribution in [0.1, 0.15) is 17.7 Å². The molecule has 0 saturated heterocycles. The van der Waals surface area contributed by atoms with Gasteiger partial charge in [-0.2, -0.15) is 0 Å².